The van der Waals surface area contributed by atoms with Gasteiger partial charge in [-0.3, -0.25) is 13.7 Å². The Kier molecular flexibility index (Phi) is 34.4. The van der Waals surface area contributed by atoms with Gasteiger partial charge in [-0.05, 0) is 12.8 Å². The van der Waals surface area contributed by atoms with Crippen molar-refractivity contribution in [1.82, 2.24) is 16.0 Å². The molecule has 0 atom stereocenters. The molecule has 0 aliphatic heterocycles. The predicted octanol–water partition coefficient (Wildman–Crippen LogP) is 0.306. The van der Waals surface area contributed by atoms with Crippen molar-refractivity contribution >= 4 is 39.2 Å². The van der Waals surface area contributed by atoms with Crippen molar-refractivity contribution in [3.05, 3.63) is 0 Å². The van der Waals surface area contributed by atoms with Crippen LogP contribution in [0, 0.1) is 0 Å². The van der Waals surface area contributed by atoms with Crippen LogP contribution in [0.2, 0.25) is 6.04 Å². The third-order valence-corrected chi connectivity index (χ3v) is 16.8. The quantitative estimate of drug-likeness (QED) is 0.0169. The lowest BCUT2D eigenvalue weighted by molar-refractivity contribution is -0.890. The number of nitrogens with one attached hydrogen (secondary N) is 3. The van der Waals surface area contributed by atoms with E-state index in [-0.39, 0.29) is 6.04 Å². The zero-order valence-electron chi connectivity index (χ0n) is 40.6. The molecule has 0 fully saturated rings. The highest BCUT2D eigenvalue weighted by Gasteiger charge is 2.48. The molecule has 22 nitrogen and oxygen atoms in total. The lowest BCUT2D eigenvalue weighted by Crippen LogP contribution is -2.64. The third-order valence-electron chi connectivity index (χ3n) is 12.0. The van der Waals surface area contributed by atoms with Gasteiger partial charge in [-0.2, -0.15) is 25.3 Å². The van der Waals surface area contributed by atoms with Gasteiger partial charge in [0.1, 0.15) is 0 Å². The first-order valence-electron chi connectivity index (χ1n) is 23.9. The molecule has 0 saturated heterocycles. The van der Waals surface area contributed by atoms with Gasteiger partial charge in [-0.1, -0.05) is 96.8 Å². The van der Waals surface area contributed by atoms with E-state index >= 15 is 0 Å². The van der Waals surface area contributed by atoms with E-state index in [1.54, 1.807) is 0 Å². The van der Waals surface area contributed by atoms with Gasteiger partial charge in [0.25, 0.3) is 30.4 Å². The molecule has 12 N–H and O–H groups in total. The molecular formula is C41H91N4O18S3Si+. The fraction of sp³-hybridized carbons (Fsp3) is 1.00. The summed E-state index contributed by atoms with van der Waals surface area (Å²) in [4.78, 5) is 0. The molecule has 0 aromatic heterocycles. The van der Waals surface area contributed by atoms with Crippen molar-refractivity contribution < 1.29 is 87.3 Å². The van der Waals surface area contributed by atoms with Crippen LogP contribution in [-0.4, -0.2) is 223 Å². The van der Waals surface area contributed by atoms with Crippen molar-refractivity contribution in [3.8, 4) is 0 Å². The fourth-order valence-corrected chi connectivity index (χ4v) is 11.1. The number of nitrogens with zero attached hydrogens (tertiary/aromatic N) is 1. The summed E-state index contributed by atoms with van der Waals surface area (Å²) in [6.45, 7) is -4.74. The lowest BCUT2D eigenvalue weighted by Gasteiger charge is -2.41. The monoisotopic (exact) mass is 1050 g/mol. The number of quaternary nitrogens is 1. The molecule has 0 radical (unpaired) electrons. The maximum atomic E-state index is 11.5. The molecule has 26 heteroatoms. The molecule has 404 valence electrons. The second-order valence-corrected chi connectivity index (χ2v) is 26.2. The summed E-state index contributed by atoms with van der Waals surface area (Å²) in [5, 5.41) is 70.7. The maximum absolute atomic E-state index is 11.5. The Balaban J connectivity index is 6.29. The lowest BCUT2D eigenvalue weighted by atomic mass is 10.0. The van der Waals surface area contributed by atoms with Crippen LogP contribution in [-0.2, 0) is 43.6 Å². The highest BCUT2D eigenvalue weighted by atomic mass is 32.2. The van der Waals surface area contributed by atoms with E-state index in [1.165, 1.54) is 83.5 Å². The van der Waals surface area contributed by atoms with Crippen LogP contribution < -0.4 is 16.0 Å². The maximum Gasteiger partial charge on any atom is 0.501 e. The van der Waals surface area contributed by atoms with Gasteiger partial charge in [0.2, 0.25) is 0 Å². The van der Waals surface area contributed by atoms with E-state index in [2.05, 4.69) is 22.9 Å². The molecule has 0 heterocycles. The van der Waals surface area contributed by atoms with Gasteiger partial charge in [0.05, 0.1) is 121 Å². The molecule has 0 aliphatic carbocycles. The van der Waals surface area contributed by atoms with Crippen molar-refractivity contribution in [2.24, 2.45) is 0 Å². The summed E-state index contributed by atoms with van der Waals surface area (Å²) in [6, 6.07) is -0.0541. The summed E-state index contributed by atoms with van der Waals surface area (Å²) < 4.78 is 117. The molecule has 0 aromatic carbocycles. The molecule has 0 rings (SSSR count). The molecule has 0 amide bonds. The minimum atomic E-state index is -4.47. The Bertz CT molecular complexity index is 1450. The summed E-state index contributed by atoms with van der Waals surface area (Å²) in [6.07, 6.45) is 20.2. The first-order valence-corrected chi connectivity index (χ1v) is 30.6. The average molecular weight is 1050 g/mol. The molecule has 0 spiro atoms. The number of aliphatic hydroxyl groups is 6. The van der Waals surface area contributed by atoms with Crippen LogP contribution in [0.1, 0.15) is 116 Å². The zero-order chi connectivity index (χ0) is 51.0. The van der Waals surface area contributed by atoms with Crippen LogP contribution in [0.5, 0.6) is 0 Å². The molecule has 0 aliphatic rings. The zero-order valence-corrected chi connectivity index (χ0v) is 44.1. The number of unbranched alkanes of at least 4 members (excludes halogenated alkanes) is 15. The van der Waals surface area contributed by atoms with Crippen LogP contribution in [0.4, 0.5) is 0 Å². The SMILES string of the molecule is CCCCCCCCCCCCCCCCCC[N+](C)(C)CCC[Si](OCC(CO)(CO)NCCS(=O)(=O)O)(OCC(CO)(CO)NCCS(=O)(=O)O)OCC(CO)(CO)NCCS(=O)(=O)O. The highest BCUT2D eigenvalue weighted by molar-refractivity contribution is 7.86. The standard InChI is InChI=1S/C41H90N4O18S3Si/c1-4-5-6-7-8-9-10-11-12-13-14-15-16-17-18-19-24-45(2,3)25-20-29-67(61-36-39(30-46,31-47)42-21-26-64(52,53)54,62-37-40(32-48,33-49)43-22-27-65(55,56)57)63-38-41(34-50,35-51)44-23-28-66(58,59)60/h42-44,46-51H,4-38H2,1-3H3,(H2-,52,53,54,55,56,57,58,59,60)/p+1. The van der Waals surface area contributed by atoms with Crippen LogP contribution in [0.25, 0.3) is 0 Å². The average Bonchev–Trinajstić information content (AvgIpc) is 3.26. The molecule has 0 aromatic rings. The van der Waals surface area contributed by atoms with Gasteiger partial charge in [0.15, 0.2) is 0 Å². The molecule has 67 heavy (non-hydrogen) atoms. The first kappa shape index (κ1) is 66.4. The molecular weight excluding hydrogens is 961 g/mol. The summed E-state index contributed by atoms with van der Waals surface area (Å²) >= 11 is 0. The highest BCUT2D eigenvalue weighted by Crippen LogP contribution is 2.26. The predicted molar refractivity (Wildman–Crippen MR) is 258 cm³/mol. The Morgan fingerprint density at radius 2 is 0.687 bits per heavy atom. The number of hydrogen-bond donors (Lipinski definition) is 12. The molecule has 0 unspecified atom stereocenters. The van der Waals surface area contributed by atoms with E-state index in [0.29, 0.717) is 17.4 Å². The van der Waals surface area contributed by atoms with E-state index in [9.17, 15) is 69.6 Å². The van der Waals surface area contributed by atoms with E-state index in [1.807, 2.05) is 14.1 Å². The fourth-order valence-electron chi connectivity index (χ4n) is 7.26. The Labute approximate surface area is 403 Å². The Hall–Kier alpha value is -0.573. The van der Waals surface area contributed by atoms with Crippen LogP contribution in [0.3, 0.4) is 0 Å². The Morgan fingerprint density at radius 3 is 0.940 bits per heavy atom. The smallest absolute Gasteiger partial charge is 0.394 e. The van der Waals surface area contributed by atoms with Crippen molar-refractivity contribution in [2.75, 3.05) is 124 Å². The summed E-state index contributed by atoms with van der Waals surface area (Å²) in [7, 11) is -13.8. The van der Waals surface area contributed by atoms with Crippen LogP contribution >= 0.6 is 0 Å². The van der Waals surface area contributed by atoms with Gasteiger partial charge in [0, 0.05) is 32.1 Å². The van der Waals surface area contributed by atoms with Crippen molar-refractivity contribution in [1.29, 1.82) is 0 Å². The molecule has 0 bridgehead atoms. The minimum absolute atomic E-state index is 0.0541. The minimum Gasteiger partial charge on any atom is -0.394 e. The number of aliphatic hydroxyl groups excluding tert-OH is 6. The topological polar surface area (TPSA) is 348 Å². The van der Waals surface area contributed by atoms with E-state index in [0.717, 1.165) is 25.8 Å². The Morgan fingerprint density at radius 1 is 0.433 bits per heavy atom. The van der Waals surface area contributed by atoms with Gasteiger partial charge in [-0.25, -0.2) is 0 Å². The first-order chi connectivity index (χ1) is 31.4. The second-order valence-electron chi connectivity index (χ2n) is 18.8. The third kappa shape index (κ3) is 32.9. The van der Waals surface area contributed by atoms with E-state index < -0.39 is 152 Å². The van der Waals surface area contributed by atoms with Crippen LogP contribution in [0.15, 0.2) is 0 Å². The van der Waals surface area contributed by atoms with E-state index in [4.69, 9.17) is 13.3 Å². The van der Waals surface area contributed by atoms with Gasteiger partial charge < -0.3 is 64.4 Å². The normalized spacial score (nSPS) is 13.8. The second kappa shape index (κ2) is 34.7. The summed E-state index contributed by atoms with van der Waals surface area (Å²) in [5.41, 5.74) is -5.35. The van der Waals surface area contributed by atoms with Crippen molar-refractivity contribution in [2.45, 2.75) is 139 Å². The number of rotatable bonds is 48. The number of hydrogen-bond acceptors (Lipinski definition) is 18. The van der Waals surface area contributed by atoms with Gasteiger partial charge >= 0.3 is 8.80 Å². The molecule has 0 saturated carbocycles. The largest absolute Gasteiger partial charge is 0.501 e. The van der Waals surface area contributed by atoms with Crippen molar-refractivity contribution in [3.63, 3.8) is 0 Å². The van der Waals surface area contributed by atoms with Gasteiger partial charge in [-0.15, -0.1) is 0 Å². The summed E-state index contributed by atoms with van der Waals surface area (Å²) in [5.74, 6) is -2.40.